The summed E-state index contributed by atoms with van der Waals surface area (Å²) in [5, 5.41) is 5.17. The van der Waals surface area contributed by atoms with Gasteiger partial charge in [0.15, 0.2) is 0 Å². The van der Waals surface area contributed by atoms with E-state index in [0.29, 0.717) is 12.3 Å². The number of thioether (sulfide) groups is 1. The average molecular weight is 434 g/mol. The Morgan fingerprint density at radius 3 is 3.04 bits per heavy atom. The molecule has 7 heteroatoms. The summed E-state index contributed by atoms with van der Waals surface area (Å²) in [6.07, 6.45) is 0.872. The number of hydrogen-bond donors (Lipinski definition) is 1. The zero-order valence-corrected chi connectivity index (χ0v) is 17.2. The standard InChI is InChI=1S/C19H20BrN3O2S/c1-11-15(12(2)25-22-11)9-26-10-18(24)23-7-6-17-14(8-23)13-4-3-5-16(20)19(13)21-17/h3-5,21H,6-10H2,1-2H3. The number of nitrogens with one attached hydrogen (secondary N) is 1. The number of amides is 1. The molecule has 2 aromatic heterocycles. The highest BCUT2D eigenvalue weighted by atomic mass is 79.9. The molecule has 1 N–H and O–H groups in total. The van der Waals surface area contributed by atoms with E-state index in [-0.39, 0.29) is 5.91 Å². The van der Waals surface area contributed by atoms with E-state index in [1.165, 1.54) is 16.6 Å². The van der Waals surface area contributed by atoms with Crippen molar-refractivity contribution in [3.63, 3.8) is 0 Å². The van der Waals surface area contributed by atoms with Gasteiger partial charge in [-0.2, -0.15) is 0 Å². The average Bonchev–Trinajstić information content (AvgIpc) is 3.16. The van der Waals surface area contributed by atoms with Crippen LogP contribution in [0.4, 0.5) is 0 Å². The molecule has 3 heterocycles. The Morgan fingerprint density at radius 2 is 2.27 bits per heavy atom. The fourth-order valence-electron chi connectivity index (χ4n) is 3.45. The van der Waals surface area contributed by atoms with E-state index in [4.69, 9.17) is 4.52 Å². The van der Waals surface area contributed by atoms with Gasteiger partial charge in [0, 0.05) is 51.9 Å². The maximum absolute atomic E-state index is 12.7. The number of aryl methyl sites for hydroxylation is 2. The lowest BCUT2D eigenvalue weighted by molar-refractivity contribution is -0.129. The van der Waals surface area contributed by atoms with Crippen LogP contribution in [0.2, 0.25) is 0 Å². The summed E-state index contributed by atoms with van der Waals surface area (Å²) in [6.45, 7) is 5.30. The Hall–Kier alpha value is -1.73. The Labute approximate surface area is 164 Å². The molecule has 0 bridgehead atoms. The van der Waals surface area contributed by atoms with Gasteiger partial charge in [-0.25, -0.2) is 0 Å². The summed E-state index contributed by atoms with van der Waals surface area (Å²) in [5.74, 6) is 2.27. The molecule has 5 nitrogen and oxygen atoms in total. The molecule has 26 heavy (non-hydrogen) atoms. The van der Waals surface area contributed by atoms with Crippen LogP contribution < -0.4 is 0 Å². The van der Waals surface area contributed by atoms with Gasteiger partial charge in [-0.15, -0.1) is 11.8 Å². The van der Waals surface area contributed by atoms with Crippen molar-refractivity contribution in [2.24, 2.45) is 0 Å². The molecular formula is C19H20BrN3O2S. The smallest absolute Gasteiger partial charge is 0.232 e. The zero-order valence-electron chi connectivity index (χ0n) is 14.8. The van der Waals surface area contributed by atoms with E-state index in [2.05, 4.69) is 32.1 Å². The van der Waals surface area contributed by atoms with Crippen molar-refractivity contribution in [1.82, 2.24) is 15.0 Å². The molecule has 1 amide bonds. The first-order valence-corrected chi connectivity index (χ1v) is 10.5. The number of aromatic amines is 1. The third-order valence-corrected chi connectivity index (χ3v) is 6.57. The van der Waals surface area contributed by atoms with Gasteiger partial charge in [-0.05, 0) is 35.8 Å². The third-order valence-electron chi connectivity index (χ3n) is 4.97. The van der Waals surface area contributed by atoms with Crippen LogP contribution in [0.1, 0.15) is 28.3 Å². The first-order valence-electron chi connectivity index (χ1n) is 8.60. The highest BCUT2D eigenvalue weighted by Gasteiger charge is 2.24. The monoisotopic (exact) mass is 433 g/mol. The molecule has 0 radical (unpaired) electrons. The topological polar surface area (TPSA) is 62.1 Å². The maximum atomic E-state index is 12.7. The molecule has 0 spiro atoms. The summed E-state index contributed by atoms with van der Waals surface area (Å²) in [4.78, 5) is 18.2. The van der Waals surface area contributed by atoms with E-state index in [1.54, 1.807) is 11.8 Å². The molecule has 0 atom stereocenters. The predicted octanol–water partition coefficient (Wildman–Crippen LogP) is 4.35. The lowest BCUT2D eigenvalue weighted by Crippen LogP contribution is -2.36. The predicted molar refractivity (Wildman–Crippen MR) is 107 cm³/mol. The molecule has 3 aromatic rings. The first kappa shape index (κ1) is 17.7. The third kappa shape index (κ3) is 3.18. The number of carbonyl (C=O) groups is 1. The van der Waals surface area contributed by atoms with E-state index in [1.807, 2.05) is 30.9 Å². The number of aromatic nitrogens is 2. The van der Waals surface area contributed by atoms with Crippen molar-refractivity contribution in [3.8, 4) is 0 Å². The molecule has 1 aliphatic rings. The van der Waals surface area contributed by atoms with Gasteiger partial charge >= 0.3 is 0 Å². The lowest BCUT2D eigenvalue weighted by Gasteiger charge is -2.27. The number of benzene rings is 1. The van der Waals surface area contributed by atoms with Crippen molar-refractivity contribution in [2.75, 3.05) is 12.3 Å². The summed E-state index contributed by atoms with van der Waals surface area (Å²) in [7, 11) is 0. The fourth-order valence-corrected chi connectivity index (χ4v) is 5.00. The number of para-hydroxylation sites is 1. The minimum atomic E-state index is 0.191. The van der Waals surface area contributed by atoms with Gasteiger partial charge in [-0.3, -0.25) is 4.79 Å². The van der Waals surface area contributed by atoms with Crippen LogP contribution in [0.5, 0.6) is 0 Å². The lowest BCUT2D eigenvalue weighted by atomic mass is 10.0. The van der Waals surface area contributed by atoms with Gasteiger partial charge < -0.3 is 14.4 Å². The van der Waals surface area contributed by atoms with E-state index in [0.717, 1.165) is 45.7 Å². The normalized spacial score (nSPS) is 14.0. The SMILES string of the molecule is Cc1noc(C)c1CSCC(=O)N1CCc2[nH]c3c(Br)cccc3c2C1. The molecule has 0 fully saturated rings. The minimum absolute atomic E-state index is 0.191. The van der Waals surface area contributed by atoms with Gasteiger partial charge in [0.05, 0.1) is 17.0 Å². The number of H-pyrrole nitrogens is 1. The van der Waals surface area contributed by atoms with Crippen molar-refractivity contribution in [3.05, 3.63) is 50.9 Å². The molecule has 0 saturated heterocycles. The van der Waals surface area contributed by atoms with Crippen LogP contribution >= 0.6 is 27.7 Å². The van der Waals surface area contributed by atoms with Crippen LogP contribution in [0.25, 0.3) is 10.9 Å². The van der Waals surface area contributed by atoms with Crippen molar-refractivity contribution in [1.29, 1.82) is 0 Å². The molecule has 0 unspecified atom stereocenters. The van der Waals surface area contributed by atoms with Gasteiger partial charge in [0.25, 0.3) is 0 Å². The Morgan fingerprint density at radius 1 is 1.42 bits per heavy atom. The van der Waals surface area contributed by atoms with Crippen LogP contribution in [0.15, 0.2) is 27.2 Å². The Bertz CT molecular complexity index is 959. The molecule has 4 rings (SSSR count). The zero-order chi connectivity index (χ0) is 18.3. The molecule has 136 valence electrons. The minimum Gasteiger partial charge on any atom is -0.361 e. The summed E-state index contributed by atoms with van der Waals surface area (Å²) >= 11 is 5.23. The van der Waals surface area contributed by atoms with Gasteiger partial charge in [-0.1, -0.05) is 17.3 Å². The highest BCUT2D eigenvalue weighted by molar-refractivity contribution is 9.10. The van der Waals surface area contributed by atoms with Crippen LogP contribution in [-0.2, 0) is 23.5 Å². The largest absolute Gasteiger partial charge is 0.361 e. The van der Waals surface area contributed by atoms with E-state index >= 15 is 0 Å². The van der Waals surface area contributed by atoms with E-state index in [9.17, 15) is 4.79 Å². The summed E-state index contributed by atoms with van der Waals surface area (Å²) in [5.41, 5.74) is 5.63. The second kappa shape index (κ2) is 7.12. The quantitative estimate of drug-likeness (QED) is 0.663. The van der Waals surface area contributed by atoms with Crippen LogP contribution in [-0.4, -0.2) is 33.2 Å². The van der Waals surface area contributed by atoms with Crippen LogP contribution in [0.3, 0.4) is 0 Å². The molecular weight excluding hydrogens is 414 g/mol. The van der Waals surface area contributed by atoms with Gasteiger partial charge in [0.2, 0.25) is 5.91 Å². The second-order valence-electron chi connectivity index (χ2n) is 6.61. The summed E-state index contributed by atoms with van der Waals surface area (Å²) in [6, 6.07) is 6.20. The first-order chi connectivity index (χ1) is 12.5. The number of nitrogens with zero attached hydrogens (tertiary/aromatic N) is 2. The molecule has 0 aliphatic carbocycles. The molecule has 1 aromatic carbocycles. The molecule has 0 saturated carbocycles. The highest BCUT2D eigenvalue weighted by Crippen LogP contribution is 2.32. The van der Waals surface area contributed by atoms with E-state index < -0.39 is 0 Å². The maximum Gasteiger partial charge on any atom is 0.232 e. The number of fused-ring (bicyclic) bond motifs is 3. The van der Waals surface area contributed by atoms with Crippen LogP contribution in [0, 0.1) is 13.8 Å². The Balaban J connectivity index is 1.43. The number of hydrogen-bond acceptors (Lipinski definition) is 4. The van der Waals surface area contributed by atoms with Gasteiger partial charge in [0.1, 0.15) is 5.76 Å². The number of rotatable bonds is 4. The number of halogens is 1. The summed E-state index contributed by atoms with van der Waals surface area (Å²) < 4.78 is 6.25. The van der Waals surface area contributed by atoms with Crippen molar-refractivity contribution in [2.45, 2.75) is 32.6 Å². The fraction of sp³-hybridized carbons (Fsp3) is 0.368. The van der Waals surface area contributed by atoms with Crippen molar-refractivity contribution >= 4 is 44.5 Å². The second-order valence-corrected chi connectivity index (χ2v) is 8.45. The van der Waals surface area contributed by atoms with Crippen molar-refractivity contribution < 1.29 is 9.32 Å². The number of carbonyl (C=O) groups excluding carboxylic acids is 1. The Kier molecular flexibility index (Phi) is 4.84. The molecule has 1 aliphatic heterocycles.